The Morgan fingerprint density at radius 2 is 2.06 bits per heavy atom. The van der Waals surface area contributed by atoms with Gasteiger partial charge >= 0.3 is 0 Å². The molecule has 0 aromatic carbocycles. The van der Waals surface area contributed by atoms with Gasteiger partial charge in [0.05, 0.1) is 0 Å². The minimum absolute atomic E-state index is 0.226. The van der Waals surface area contributed by atoms with Crippen molar-refractivity contribution < 1.29 is 0 Å². The highest BCUT2D eigenvalue weighted by Crippen LogP contribution is 2.33. The summed E-state index contributed by atoms with van der Waals surface area (Å²) in [6.07, 6.45) is 6.29. The van der Waals surface area contributed by atoms with Crippen molar-refractivity contribution in [2.75, 3.05) is 5.33 Å². The largest absolute Gasteiger partial charge is 0.252 e. The van der Waals surface area contributed by atoms with Crippen molar-refractivity contribution in [3.05, 3.63) is 12.2 Å². The van der Waals surface area contributed by atoms with E-state index in [0.29, 0.717) is 0 Å². The van der Waals surface area contributed by atoms with Crippen LogP contribution in [0.4, 0.5) is 0 Å². The number of hydrogen-bond acceptors (Lipinski definition) is 3. The first-order valence-corrected chi connectivity index (χ1v) is 7.17. The molecule has 0 unspecified atom stereocenters. The van der Waals surface area contributed by atoms with E-state index >= 15 is 0 Å². The molecule has 0 spiro atoms. The van der Waals surface area contributed by atoms with Crippen molar-refractivity contribution in [1.29, 1.82) is 5.26 Å². The fourth-order valence-corrected chi connectivity index (χ4v) is 3.02. The van der Waals surface area contributed by atoms with Gasteiger partial charge in [-0.2, -0.15) is 5.26 Å². The maximum atomic E-state index is 8.72. The fourth-order valence-electron chi connectivity index (χ4n) is 2.29. The normalized spacial score (nSPS) is 11.4. The lowest BCUT2D eigenvalue weighted by Crippen LogP contribution is -2.29. The Kier molecular flexibility index (Phi) is 5.63. The van der Waals surface area contributed by atoms with Crippen LogP contribution in [0.3, 0.4) is 0 Å². The highest BCUT2D eigenvalue weighted by atomic mass is 79.9. The molecule has 0 bridgehead atoms. The second-order valence-corrected chi connectivity index (χ2v) is 5.07. The van der Waals surface area contributed by atoms with Crippen LogP contribution in [0.25, 0.3) is 0 Å². The third-order valence-corrected chi connectivity index (χ3v) is 4.17. The van der Waals surface area contributed by atoms with E-state index in [2.05, 4.69) is 39.9 Å². The van der Waals surface area contributed by atoms with Crippen LogP contribution in [0.2, 0.25) is 0 Å². The van der Waals surface area contributed by atoms with E-state index in [-0.39, 0.29) is 11.2 Å². The molecule has 1 aromatic heterocycles. The molecule has 17 heavy (non-hydrogen) atoms. The smallest absolute Gasteiger partial charge is 0.251 e. The molecule has 0 fully saturated rings. The summed E-state index contributed by atoms with van der Waals surface area (Å²) in [5.74, 6) is 0.251. The quantitative estimate of drug-likeness (QED) is 0.727. The van der Waals surface area contributed by atoms with Crippen LogP contribution in [0.5, 0.6) is 0 Å². The molecular weight excluding hydrogens is 280 g/mol. The highest BCUT2D eigenvalue weighted by molar-refractivity contribution is 9.09. The van der Waals surface area contributed by atoms with E-state index in [1.54, 1.807) is 11.0 Å². The average molecular weight is 299 g/mol. The van der Waals surface area contributed by atoms with Gasteiger partial charge in [0.15, 0.2) is 0 Å². The van der Waals surface area contributed by atoms with Gasteiger partial charge in [0.1, 0.15) is 12.4 Å². The molecule has 4 nitrogen and oxygen atoms in total. The van der Waals surface area contributed by atoms with Gasteiger partial charge in [0, 0.05) is 11.9 Å². The minimum Gasteiger partial charge on any atom is -0.251 e. The molecule has 0 atom stereocenters. The van der Waals surface area contributed by atoms with Crippen LogP contribution in [0.15, 0.2) is 6.33 Å². The van der Waals surface area contributed by atoms with Crippen LogP contribution in [0, 0.1) is 16.7 Å². The zero-order valence-electron chi connectivity index (χ0n) is 10.5. The van der Waals surface area contributed by atoms with E-state index < -0.39 is 0 Å². The lowest BCUT2D eigenvalue weighted by Gasteiger charge is -2.31. The first kappa shape index (κ1) is 14.2. The number of nitrogens with zero attached hydrogens (tertiary/aromatic N) is 4. The molecule has 0 amide bonds. The molecule has 0 saturated carbocycles. The average Bonchev–Trinajstić information content (AvgIpc) is 2.77. The highest BCUT2D eigenvalue weighted by Gasteiger charge is 2.28. The van der Waals surface area contributed by atoms with Crippen molar-refractivity contribution in [3.63, 3.8) is 0 Å². The second kappa shape index (κ2) is 6.75. The molecule has 94 valence electrons. The topological polar surface area (TPSA) is 54.5 Å². The summed E-state index contributed by atoms with van der Waals surface area (Å²) in [5, 5.41) is 13.8. The summed E-state index contributed by atoms with van der Waals surface area (Å²) in [6.45, 7) is 5.23. The van der Waals surface area contributed by atoms with E-state index in [4.69, 9.17) is 5.26 Å². The standard InChI is InChI=1S/C12H19BrN4/c1-3-5-12(8-13,6-4-2)9-17-10-15-11(7-14)16-17/h10H,3-6,8-9H2,1-2H3. The Bertz CT molecular complexity index is 374. The van der Waals surface area contributed by atoms with Crippen molar-refractivity contribution in [1.82, 2.24) is 14.8 Å². The Morgan fingerprint density at radius 3 is 2.47 bits per heavy atom. The molecule has 0 radical (unpaired) electrons. The van der Waals surface area contributed by atoms with Gasteiger partial charge in [-0.25, -0.2) is 4.98 Å². The summed E-state index contributed by atoms with van der Waals surface area (Å²) in [5.41, 5.74) is 0.226. The summed E-state index contributed by atoms with van der Waals surface area (Å²) in [6, 6.07) is 1.96. The van der Waals surface area contributed by atoms with Gasteiger partial charge in [-0.3, -0.25) is 4.68 Å². The Labute approximate surface area is 111 Å². The summed E-state index contributed by atoms with van der Waals surface area (Å²) in [4.78, 5) is 3.95. The van der Waals surface area contributed by atoms with E-state index in [9.17, 15) is 0 Å². The van der Waals surface area contributed by atoms with Gasteiger partial charge in [-0.1, -0.05) is 42.6 Å². The maximum Gasteiger partial charge on any atom is 0.252 e. The first-order valence-electron chi connectivity index (χ1n) is 6.05. The number of alkyl halides is 1. The first-order chi connectivity index (χ1) is 8.19. The number of aromatic nitrogens is 3. The van der Waals surface area contributed by atoms with Gasteiger partial charge < -0.3 is 0 Å². The van der Waals surface area contributed by atoms with E-state index in [1.807, 2.05) is 6.07 Å². The molecule has 0 aliphatic carbocycles. The van der Waals surface area contributed by atoms with Crippen LogP contribution >= 0.6 is 15.9 Å². The van der Waals surface area contributed by atoms with Crippen LogP contribution in [0.1, 0.15) is 45.4 Å². The minimum atomic E-state index is 0.226. The summed E-state index contributed by atoms with van der Waals surface area (Å²) >= 11 is 3.63. The molecule has 0 saturated heterocycles. The van der Waals surface area contributed by atoms with Crippen LogP contribution in [-0.2, 0) is 6.54 Å². The van der Waals surface area contributed by atoms with Crippen molar-refractivity contribution >= 4 is 15.9 Å². The fraction of sp³-hybridized carbons (Fsp3) is 0.750. The predicted octanol–water partition coefficient (Wildman–Crippen LogP) is 3.13. The summed E-state index contributed by atoms with van der Waals surface area (Å²) in [7, 11) is 0. The molecule has 0 N–H and O–H groups in total. The Hall–Kier alpha value is -0.890. The number of rotatable bonds is 7. The zero-order valence-corrected chi connectivity index (χ0v) is 12.1. The third-order valence-electron chi connectivity index (χ3n) is 2.98. The number of nitriles is 1. The Balaban J connectivity index is 2.80. The third kappa shape index (κ3) is 3.81. The summed E-state index contributed by atoms with van der Waals surface area (Å²) < 4.78 is 1.80. The van der Waals surface area contributed by atoms with Gasteiger partial charge in [0.25, 0.3) is 5.82 Å². The van der Waals surface area contributed by atoms with Crippen LogP contribution < -0.4 is 0 Å². The maximum absolute atomic E-state index is 8.72. The monoisotopic (exact) mass is 298 g/mol. The molecule has 1 aromatic rings. The second-order valence-electron chi connectivity index (χ2n) is 4.51. The molecule has 1 rings (SSSR count). The van der Waals surface area contributed by atoms with Crippen molar-refractivity contribution in [2.24, 2.45) is 5.41 Å². The van der Waals surface area contributed by atoms with Gasteiger partial charge in [-0.05, 0) is 18.3 Å². The van der Waals surface area contributed by atoms with Crippen LogP contribution in [-0.4, -0.2) is 20.1 Å². The van der Waals surface area contributed by atoms with Crippen molar-refractivity contribution in [2.45, 2.75) is 46.1 Å². The van der Waals surface area contributed by atoms with E-state index in [1.165, 1.54) is 0 Å². The SMILES string of the molecule is CCCC(CBr)(CCC)Cn1cnc(C#N)n1. The van der Waals surface area contributed by atoms with E-state index in [0.717, 1.165) is 37.6 Å². The molecule has 0 aliphatic heterocycles. The van der Waals surface area contributed by atoms with Gasteiger partial charge in [0.2, 0.25) is 0 Å². The lowest BCUT2D eigenvalue weighted by atomic mass is 9.81. The predicted molar refractivity (Wildman–Crippen MR) is 70.8 cm³/mol. The lowest BCUT2D eigenvalue weighted by molar-refractivity contribution is 0.223. The molecule has 0 aliphatic rings. The zero-order chi connectivity index (χ0) is 12.7. The molecular formula is C12H19BrN4. The molecule has 1 heterocycles. The van der Waals surface area contributed by atoms with Crippen molar-refractivity contribution in [3.8, 4) is 6.07 Å². The number of hydrogen-bond donors (Lipinski definition) is 0. The van der Waals surface area contributed by atoms with Gasteiger partial charge in [-0.15, -0.1) is 5.10 Å². The number of halogens is 1. The Morgan fingerprint density at radius 1 is 1.41 bits per heavy atom. The molecule has 5 heteroatoms.